The van der Waals surface area contributed by atoms with Crippen LogP contribution in [0.25, 0.3) is 0 Å². The average molecular weight is 279 g/mol. The van der Waals surface area contributed by atoms with Crippen molar-refractivity contribution in [3.05, 3.63) is 42.5 Å². The van der Waals surface area contributed by atoms with Gasteiger partial charge in [0.2, 0.25) is 0 Å². The lowest BCUT2D eigenvalue weighted by atomic mass is 10.2. The number of nitrogens with one attached hydrogen (secondary N) is 1. The van der Waals surface area contributed by atoms with Crippen LogP contribution in [0.15, 0.2) is 47.4 Å². The van der Waals surface area contributed by atoms with Crippen LogP contribution in [0, 0.1) is 0 Å². The van der Waals surface area contributed by atoms with E-state index >= 15 is 0 Å². The maximum absolute atomic E-state index is 11.2. The van der Waals surface area contributed by atoms with Gasteiger partial charge in [-0.1, -0.05) is 12.1 Å². The van der Waals surface area contributed by atoms with Gasteiger partial charge in [0, 0.05) is 5.69 Å². The molecule has 0 fully saturated rings. The molecule has 0 aliphatic heterocycles. The van der Waals surface area contributed by atoms with Crippen LogP contribution < -0.4 is 16.8 Å². The summed E-state index contributed by atoms with van der Waals surface area (Å²) in [7, 11) is -4.30. The predicted molar refractivity (Wildman–Crippen MR) is 74.8 cm³/mol. The molecule has 0 bridgehead atoms. The van der Waals surface area contributed by atoms with E-state index in [-0.39, 0.29) is 10.6 Å². The lowest BCUT2D eigenvalue weighted by Crippen LogP contribution is -2.04. The molecule has 19 heavy (non-hydrogen) atoms. The van der Waals surface area contributed by atoms with E-state index in [1.165, 1.54) is 18.2 Å². The van der Waals surface area contributed by atoms with Crippen molar-refractivity contribution in [2.75, 3.05) is 16.8 Å². The van der Waals surface area contributed by atoms with Gasteiger partial charge < -0.3 is 16.8 Å². The van der Waals surface area contributed by atoms with Crippen molar-refractivity contribution in [2.45, 2.75) is 4.90 Å². The summed E-state index contributed by atoms with van der Waals surface area (Å²) in [6.45, 7) is 0. The maximum Gasteiger partial charge on any atom is 0.296 e. The fraction of sp³-hybridized carbons (Fsp3) is 0. The minimum atomic E-state index is -4.30. The summed E-state index contributed by atoms with van der Waals surface area (Å²) >= 11 is 0. The molecule has 0 radical (unpaired) electrons. The third-order valence-corrected chi connectivity index (χ3v) is 3.42. The van der Waals surface area contributed by atoms with Crippen LogP contribution in [-0.2, 0) is 10.1 Å². The largest absolute Gasteiger partial charge is 0.399 e. The molecule has 7 heteroatoms. The molecule has 100 valence electrons. The fourth-order valence-electron chi connectivity index (χ4n) is 1.63. The van der Waals surface area contributed by atoms with E-state index in [0.717, 1.165) is 0 Å². The first-order chi connectivity index (χ1) is 8.88. The summed E-state index contributed by atoms with van der Waals surface area (Å²) < 4.78 is 31.6. The third kappa shape index (κ3) is 2.95. The molecule has 6 N–H and O–H groups in total. The van der Waals surface area contributed by atoms with Crippen LogP contribution in [0.3, 0.4) is 0 Å². The Morgan fingerprint density at radius 2 is 1.68 bits per heavy atom. The molecule has 2 rings (SSSR count). The zero-order valence-corrected chi connectivity index (χ0v) is 10.7. The van der Waals surface area contributed by atoms with E-state index < -0.39 is 10.1 Å². The topological polar surface area (TPSA) is 118 Å². The van der Waals surface area contributed by atoms with Crippen LogP contribution in [0.4, 0.5) is 22.7 Å². The molecule has 0 aliphatic rings. The third-order valence-electron chi connectivity index (χ3n) is 2.51. The van der Waals surface area contributed by atoms with Gasteiger partial charge in [0.15, 0.2) is 0 Å². The molecule has 2 aromatic carbocycles. The number of para-hydroxylation sites is 1. The molecule has 0 saturated heterocycles. The summed E-state index contributed by atoms with van der Waals surface area (Å²) in [5.41, 5.74) is 13.0. The first-order valence-electron chi connectivity index (χ1n) is 5.36. The highest BCUT2D eigenvalue weighted by Crippen LogP contribution is 2.28. The highest BCUT2D eigenvalue weighted by molar-refractivity contribution is 7.86. The number of hydrogen-bond donors (Lipinski definition) is 4. The van der Waals surface area contributed by atoms with E-state index in [1.807, 2.05) is 0 Å². The number of hydrogen-bond acceptors (Lipinski definition) is 5. The predicted octanol–water partition coefficient (Wildman–Crippen LogP) is 1.84. The van der Waals surface area contributed by atoms with Gasteiger partial charge in [-0.15, -0.1) is 0 Å². The molecule has 0 unspecified atom stereocenters. The van der Waals surface area contributed by atoms with Crippen molar-refractivity contribution >= 4 is 32.9 Å². The van der Waals surface area contributed by atoms with Crippen molar-refractivity contribution in [3.63, 3.8) is 0 Å². The van der Waals surface area contributed by atoms with Crippen LogP contribution in [-0.4, -0.2) is 13.0 Å². The minimum Gasteiger partial charge on any atom is -0.399 e. The molecule has 0 spiro atoms. The monoisotopic (exact) mass is 279 g/mol. The summed E-state index contributed by atoms with van der Waals surface area (Å²) in [6, 6.07) is 10.8. The molecule has 0 saturated carbocycles. The summed E-state index contributed by atoms with van der Waals surface area (Å²) in [6.07, 6.45) is 0. The van der Waals surface area contributed by atoms with E-state index in [9.17, 15) is 8.42 Å². The van der Waals surface area contributed by atoms with Crippen molar-refractivity contribution in [2.24, 2.45) is 0 Å². The summed E-state index contributed by atoms with van der Waals surface area (Å²) in [5.74, 6) is 0. The Hall–Kier alpha value is -2.25. The Kier molecular flexibility index (Phi) is 3.32. The van der Waals surface area contributed by atoms with E-state index in [4.69, 9.17) is 16.0 Å². The first kappa shape index (κ1) is 13.2. The number of anilines is 4. The molecule has 6 nitrogen and oxygen atoms in total. The molecule has 0 heterocycles. The Morgan fingerprint density at radius 3 is 2.32 bits per heavy atom. The average Bonchev–Trinajstić information content (AvgIpc) is 2.32. The lowest BCUT2D eigenvalue weighted by Gasteiger charge is -2.12. The lowest BCUT2D eigenvalue weighted by molar-refractivity contribution is 0.483. The molecule has 0 amide bonds. The zero-order chi connectivity index (χ0) is 14.0. The second-order valence-electron chi connectivity index (χ2n) is 3.94. The van der Waals surface area contributed by atoms with Crippen molar-refractivity contribution < 1.29 is 13.0 Å². The Morgan fingerprint density at radius 1 is 1.00 bits per heavy atom. The summed E-state index contributed by atoms with van der Waals surface area (Å²) in [5, 5.41) is 2.85. The first-order valence-corrected chi connectivity index (χ1v) is 6.80. The quantitative estimate of drug-likeness (QED) is 0.503. The SMILES string of the molecule is Nc1ccc(Nc2ccccc2S(=O)(=O)O)c(N)c1. The molecule has 0 atom stereocenters. The Bertz CT molecular complexity index is 714. The fourth-order valence-corrected chi connectivity index (χ4v) is 2.28. The van der Waals surface area contributed by atoms with Crippen LogP contribution in [0.1, 0.15) is 0 Å². The van der Waals surface area contributed by atoms with Gasteiger partial charge in [-0.3, -0.25) is 4.55 Å². The summed E-state index contributed by atoms with van der Waals surface area (Å²) in [4.78, 5) is -0.216. The highest BCUT2D eigenvalue weighted by Gasteiger charge is 2.15. The molecule has 0 aromatic heterocycles. The van der Waals surface area contributed by atoms with Crippen molar-refractivity contribution in [1.29, 1.82) is 0 Å². The Balaban J connectivity index is 2.44. The van der Waals surface area contributed by atoms with Gasteiger partial charge in [-0.25, -0.2) is 0 Å². The number of nitrogen functional groups attached to an aromatic ring is 2. The van der Waals surface area contributed by atoms with Gasteiger partial charge in [0.05, 0.1) is 17.1 Å². The zero-order valence-electron chi connectivity index (χ0n) is 9.87. The maximum atomic E-state index is 11.2. The van der Waals surface area contributed by atoms with Crippen LogP contribution >= 0.6 is 0 Å². The molecule has 0 aliphatic carbocycles. The molecular formula is C12H13N3O3S. The Labute approximate surface area is 110 Å². The van der Waals surface area contributed by atoms with Crippen molar-refractivity contribution in [1.82, 2.24) is 0 Å². The van der Waals surface area contributed by atoms with Crippen LogP contribution in [0.5, 0.6) is 0 Å². The van der Waals surface area contributed by atoms with E-state index in [2.05, 4.69) is 5.32 Å². The number of rotatable bonds is 3. The highest BCUT2D eigenvalue weighted by atomic mass is 32.2. The second kappa shape index (κ2) is 4.79. The minimum absolute atomic E-state index is 0.216. The molecule has 2 aromatic rings. The standard InChI is InChI=1S/C12H13N3O3S/c13-8-5-6-10(9(14)7-8)15-11-3-1-2-4-12(11)19(16,17)18/h1-7,15H,13-14H2,(H,16,17,18). The van der Waals surface area contributed by atoms with E-state index in [0.29, 0.717) is 17.1 Å². The van der Waals surface area contributed by atoms with Gasteiger partial charge >= 0.3 is 0 Å². The van der Waals surface area contributed by atoms with Gasteiger partial charge in [-0.2, -0.15) is 8.42 Å². The number of nitrogens with two attached hydrogens (primary N) is 2. The van der Waals surface area contributed by atoms with E-state index in [1.54, 1.807) is 24.3 Å². The van der Waals surface area contributed by atoms with Gasteiger partial charge in [0.25, 0.3) is 10.1 Å². The van der Waals surface area contributed by atoms with Gasteiger partial charge in [0.1, 0.15) is 4.90 Å². The van der Waals surface area contributed by atoms with Crippen molar-refractivity contribution in [3.8, 4) is 0 Å². The molecular weight excluding hydrogens is 266 g/mol. The number of benzene rings is 2. The van der Waals surface area contributed by atoms with Gasteiger partial charge in [-0.05, 0) is 30.3 Å². The van der Waals surface area contributed by atoms with Crippen LogP contribution in [0.2, 0.25) is 0 Å². The normalized spacial score (nSPS) is 11.2. The smallest absolute Gasteiger partial charge is 0.296 e. The second-order valence-corrected chi connectivity index (χ2v) is 5.33.